The molecule has 3 heterocycles. The molecule has 0 radical (unpaired) electrons. The molecule has 1 fully saturated rings. The summed E-state index contributed by atoms with van der Waals surface area (Å²) in [6, 6.07) is 5.90. The summed E-state index contributed by atoms with van der Waals surface area (Å²) in [5, 5.41) is 3.06. The molecule has 1 N–H and O–H groups in total. The topological polar surface area (TPSA) is 63.5 Å². The fraction of sp³-hybridized carbons (Fsp3) is 0.500. The molecule has 108 valence electrons. The second-order valence-corrected chi connectivity index (χ2v) is 7.74. The summed E-state index contributed by atoms with van der Waals surface area (Å²) in [5.74, 6) is 0.341. The van der Waals surface area contributed by atoms with Gasteiger partial charge in [-0.3, -0.25) is 0 Å². The molecule has 1 atom stereocenters. The fourth-order valence-electron chi connectivity index (χ4n) is 2.82. The molecule has 1 saturated heterocycles. The lowest BCUT2D eigenvalue weighted by Crippen LogP contribution is -2.30. The van der Waals surface area contributed by atoms with Crippen molar-refractivity contribution in [2.45, 2.75) is 31.6 Å². The van der Waals surface area contributed by atoms with Gasteiger partial charge in [0.25, 0.3) is 0 Å². The van der Waals surface area contributed by atoms with Crippen molar-refractivity contribution in [3.05, 3.63) is 35.8 Å². The highest BCUT2D eigenvalue weighted by molar-refractivity contribution is 7.92. The van der Waals surface area contributed by atoms with Gasteiger partial charge in [-0.25, -0.2) is 13.4 Å². The molecule has 20 heavy (non-hydrogen) atoms. The van der Waals surface area contributed by atoms with Gasteiger partial charge in [-0.2, -0.15) is 0 Å². The van der Waals surface area contributed by atoms with Gasteiger partial charge in [-0.1, -0.05) is 6.07 Å². The highest BCUT2D eigenvalue weighted by atomic mass is 32.2. The number of nitrogens with one attached hydrogen (secondary N) is 1. The Labute approximate surface area is 118 Å². The molecule has 2 aromatic heterocycles. The Morgan fingerprint density at radius 1 is 1.45 bits per heavy atom. The molecule has 0 saturated carbocycles. The van der Waals surface area contributed by atoms with Crippen LogP contribution in [0.5, 0.6) is 0 Å². The van der Waals surface area contributed by atoms with Gasteiger partial charge in [0.15, 0.2) is 9.84 Å². The van der Waals surface area contributed by atoms with E-state index in [0.717, 1.165) is 29.9 Å². The first-order chi connectivity index (χ1) is 9.58. The minimum absolute atomic E-state index is 0.220. The van der Waals surface area contributed by atoms with Crippen LogP contribution in [0.3, 0.4) is 0 Å². The minimum Gasteiger partial charge on any atom is -0.310 e. The van der Waals surface area contributed by atoms with E-state index in [1.807, 2.05) is 35.7 Å². The van der Waals surface area contributed by atoms with Gasteiger partial charge in [0, 0.05) is 19.3 Å². The first-order valence-corrected chi connectivity index (χ1v) is 8.64. The van der Waals surface area contributed by atoms with E-state index in [0.29, 0.717) is 18.8 Å². The summed E-state index contributed by atoms with van der Waals surface area (Å²) in [4.78, 5) is 4.50. The number of hydrogen-bond acceptors (Lipinski definition) is 4. The first-order valence-electron chi connectivity index (χ1n) is 6.93. The van der Waals surface area contributed by atoms with Crippen molar-refractivity contribution in [1.29, 1.82) is 0 Å². The maximum absolute atomic E-state index is 11.8. The van der Waals surface area contributed by atoms with Crippen LogP contribution in [0.15, 0.2) is 24.4 Å². The van der Waals surface area contributed by atoms with Gasteiger partial charge in [0.1, 0.15) is 5.65 Å². The van der Waals surface area contributed by atoms with Gasteiger partial charge in [0.2, 0.25) is 0 Å². The smallest absolute Gasteiger partial charge is 0.154 e. The average molecular weight is 293 g/mol. The fourth-order valence-corrected chi connectivity index (χ4v) is 4.62. The lowest BCUT2D eigenvalue weighted by Gasteiger charge is -2.11. The van der Waals surface area contributed by atoms with E-state index in [4.69, 9.17) is 0 Å². The third kappa shape index (κ3) is 2.45. The predicted octanol–water partition coefficient (Wildman–Crippen LogP) is 1.31. The van der Waals surface area contributed by atoms with Crippen molar-refractivity contribution in [3.8, 4) is 0 Å². The Morgan fingerprint density at radius 3 is 3.05 bits per heavy atom. The molecule has 3 rings (SSSR count). The number of aromatic nitrogens is 2. The summed E-state index contributed by atoms with van der Waals surface area (Å²) in [6.45, 7) is 3.15. The van der Waals surface area contributed by atoms with Crippen LogP contribution in [0.25, 0.3) is 5.65 Å². The van der Waals surface area contributed by atoms with Crippen LogP contribution in [0.1, 0.15) is 24.2 Å². The molecular formula is C14H19N3O2S. The van der Waals surface area contributed by atoms with Gasteiger partial charge < -0.3 is 9.72 Å². The number of pyridine rings is 1. The molecule has 0 aliphatic carbocycles. The van der Waals surface area contributed by atoms with E-state index < -0.39 is 9.84 Å². The molecule has 0 amide bonds. The maximum Gasteiger partial charge on any atom is 0.154 e. The quantitative estimate of drug-likeness (QED) is 0.923. The first kappa shape index (κ1) is 13.6. The van der Waals surface area contributed by atoms with E-state index in [9.17, 15) is 8.42 Å². The number of hydrogen-bond donors (Lipinski definition) is 1. The van der Waals surface area contributed by atoms with Crippen LogP contribution in [0.2, 0.25) is 0 Å². The zero-order valence-electron chi connectivity index (χ0n) is 11.5. The number of imidazole rings is 1. The number of nitrogens with zero attached hydrogens (tertiary/aromatic N) is 2. The van der Waals surface area contributed by atoms with Gasteiger partial charge in [-0.15, -0.1) is 0 Å². The van der Waals surface area contributed by atoms with Crippen LogP contribution >= 0.6 is 0 Å². The summed E-state index contributed by atoms with van der Waals surface area (Å²) >= 11 is 0. The third-order valence-electron chi connectivity index (χ3n) is 3.96. The minimum atomic E-state index is -2.87. The Bertz CT molecular complexity index is 721. The molecular weight excluding hydrogens is 274 g/mol. The van der Waals surface area contributed by atoms with Crippen molar-refractivity contribution in [3.63, 3.8) is 0 Å². The molecule has 0 bridgehead atoms. The van der Waals surface area contributed by atoms with E-state index >= 15 is 0 Å². The number of rotatable bonds is 4. The largest absolute Gasteiger partial charge is 0.310 e. The number of fused-ring (bicyclic) bond motifs is 1. The number of aryl methyl sites for hydroxylation is 1. The average Bonchev–Trinajstić information content (AvgIpc) is 2.90. The zero-order valence-corrected chi connectivity index (χ0v) is 12.4. The van der Waals surface area contributed by atoms with Crippen molar-refractivity contribution < 1.29 is 8.42 Å². The summed E-state index contributed by atoms with van der Waals surface area (Å²) in [5.41, 5.74) is 3.00. The van der Waals surface area contributed by atoms with Gasteiger partial charge >= 0.3 is 0 Å². The van der Waals surface area contributed by atoms with Crippen molar-refractivity contribution in [1.82, 2.24) is 14.7 Å². The van der Waals surface area contributed by atoms with E-state index in [2.05, 4.69) is 10.3 Å². The molecule has 1 unspecified atom stereocenters. The Hall–Kier alpha value is -1.40. The van der Waals surface area contributed by atoms with E-state index in [-0.39, 0.29) is 5.25 Å². The molecule has 0 spiro atoms. The molecule has 5 nitrogen and oxygen atoms in total. The second-order valence-electron chi connectivity index (χ2n) is 5.33. The molecule has 1 aliphatic rings. The Kier molecular flexibility index (Phi) is 3.52. The molecule has 2 aromatic rings. The number of sulfone groups is 1. The maximum atomic E-state index is 11.8. The van der Waals surface area contributed by atoms with Gasteiger partial charge in [-0.05, 0) is 31.9 Å². The van der Waals surface area contributed by atoms with Crippen LogP contribution in [0, 0.1) is 6.92 Å². The van der Waals surface area contributed by atoms with Gasteiger partial charge in [0.05, 0.1) is 22.4 Å². The summed E-state index contributed by atoms with van der Waals surface area (Å²) in [7, 11) is -2.87. The predicted molar refractivity (Wildman–Crippen MR) is 78.4 cm³/mol. The van der Waals surface area contributed by atoms with E-state index in [1.165, 1.54) is 0 Å². The summed E-state index contributed by atoms with van der Waals surface area (Å²) < 4.78 is 25.6. The summed E-state index contributed by atoms with van der Waals surface area (Å²) in [6.07, 6.45) is 3.56. The molecule has 0 aromatic carbocycles. The van der Waals surface area contributed by atoms with Crippen LogP contribution in [0.4, 0.5) is 0 Å². The normalized spacial score (nSPS) is 21.6. The van der Waals surface area contributed by atoms with Crippen LogP contribution in [-0.4, -0.2) is 35.4 Å². The van der Waals surface area contributed by atoms with Crippen molar-refractivity contribution in [2.75, 3.05) is 12.3 Å². The second kappa shape index (κ2) is 5.18. The standard InChI is InChI=1S/C14H19N3O2S/c1-11-13(17-7-3-2-6-14(17)16-11)10-15-9-12-5-4-8-20(12,18)19/h2-3,6-7,12,15H,4-5,8-10H2,1H3. The monoisotopic (exact) mass is 293 g/mol. The van der Waals surface area contributed by atoms with Crippen LogP contribution in [-0.2, 0) is 16.4 Å². The van der Waals surface area contributed by atoms with E-state index in [1.54, 1.807) is 0 Å². The Morgan fingerprint density at radius 2 is 2.30 bits per heavy atom. The zero-order chi connectivity index (χ0) is 14.2. The third-order valence-corrected chi connectivity index (χ3v) is 6.23. The highest BCUT2D eigenvalue weighted by Gasteiger charge is 2.30. The lowest BCUT2D eigenvalue weighted by molar-refractivity contribution is 0.571. The van der Waals surface area contributed by atoms with Crippen molar-refractivity contribution in [2.24, 2.45) is 0 Å². The molecule has 1 aliphatic heterocycles. The molecule has 6 heteroatoms. The lowest BCUT2D eigenvalue weighted by atomic mass is 10.2. The SMILES string of the molecule is Cc1nc2ccccn2c1CNCC1CCCS1(=O)=O. The highest BCUT2D eigenvalue weighted by Crippen LogP contribution is 2.19. The van der Waals surface area contributed by atoms with Crippen LogP contribution < -0.4 is 5.32 Å². The van der Waals surface area contributed by atoms with Crippen molar-refractivity contribution >= 4 is 15.5 Å². The Balaban J connectivity index is 1.70.